The number of nitrogens with two attached hydrogens (primary N) is 1. The predicted molar refractivity (Wildman–Crippen MR) is 99.6 cm³/mol. The summed E-state index contributed by atoms with van der Waals surface area (Å²) in [6.45, 7) is 9.81. The van der Waals surface area contributed by atoms with Crippen LogP contribution in [0.15, 0.2) is 24.3 Å². The topological polar surface area (TPSA) is 56.4 Å². The molecule has 2 heterocycles. The number of nitrogens with zero attached hydrogens (tertiary/aromatic N) is 2. The van der Waals surface area contributed by atoms with Gasteiger partial charge in [0.15, 0.2) is 5.96 Å². The maximum Gasteiger partial charge on any atom is 0.190 e. The number of anilines is 1. The minimum Gasteiger partial charge on any atom is -0.370 e. The van der Waals surface area contributed by atoms with Crippen LogP contribution in [0.1, 0.15) is 48.8 Å². The van der Waals surface area contributed by atoms with E-state index < -0.39 is 0 Å². The highest BCUT2D eigenvalue weighted by molar-refractivity contribution is 5.82. The molecule has 0 bridgehead atoms. The van der Waals surface area contributed by atoms with E-state index in [1.807, 2.05) is 0 Å². The molecule has 0 amide bonds. The lowest BCUT2D eigenvalue weighted by atomic mass is 9.65. The molecule has 1 saturated heterocycles. The van der Waals surface area contributed by atoms with E-state index in [0.717, 1.165) is 32.2 Å². The van der Waals surface area contributed by atoms with E-state index in [4.69, 9.17) is 11.1 Å². The molecule has 3 aliphatic rings. The fourth-order valence-corrected chi connectivity index (χ4v) is 6.05. The van der Waals surface area contributed by atoms with Gasteiger partial charge in [0.25, 0.3) is 0 Å². The lowest BCUT2D eigenvalue weighted by molar-refractivity contribution is 0.164. The summed E-state index contributed by atoms with van der Waals surface area (Å²) in [6, 6.07) is 4.60. The summed E-state index contributed by atoms with van der Waals surface area (Å²) in [6.07, 6.45) is 5.46. The van der Waals surface area contributed by atoms with Crippen LogP contribution >= 0.6 is 0 Å². The Hall–Kier alpha value is -1.97. The van der Waals surface area contributed by atoms with Crippen molar-refractivity contribution in [1.29, 1.82) is 5.41 Å². The van der Waals surface area contributed by atoms with Gasteiger partial charge in [-0.15, -0.1) is 0 Å². The SMILES string of the molecule is C=C1CCCC[C@@]23N(C(=N)N)CC[C@@]12c1c(C)cc(C)cc1N3C. The first-order valence-electron chi connectivity index (χ1n) is 9.02. The molecule has 1 aliphatic carbocycles. The third-order valence-electron chi connectivity index (χ3n) is 6.79. The van der Waals surface area contributed by atoms with Crippen LogP contribution in [0.5, 0.6) is 0 Å². The van der Waals surface area contributed by atoms with Crippen molar-refractivity contribution in [3.8, 4) is 0 Å². The molecule has 128 valence electrons. The van der Waals surface area contributed by atoms with E-state index in [2.05, 4.69) is 49.4 Å². The number of rotatable bonds is 0. The van der Waals surface area contributed by atoms with Gasteiger partial charge in [-0.3, -0.25) is 5.41 Å². The van der Waals surface area contributed by atoms with Gasteiger partial charge in [-0.1, -0.05) is 18.2 Å². The molecule has 24 heavy (non-hydrogen) atoms. The minimum absolute atomic E-state index is 0.100. The van der Waals surface area contributed by atoms with Gasteiger partial charge >= 0.3 is 0 Å². The van der Waals surface area contributed by atoms with Crippen LogP contribution in [0.4, 0.5) is 5.69 Å². The van der Waals surface area contributed by atoms with Crippen molar-refractivity contribution >= 4 is 11.6 Å². The minimum atomic E-state index is -0.257. The van der Waals surface area contributed by atoms with E-state index in [1.165, 1.54) is 34.4 Å². The zero-order valence-corrected chi connectivity index (χ0v) is 15.1. The van der Waals surface area contributed by atoms with Crippen molar-refractivity contribution < 1.29 is 0 Å². The Kier molecular flexibility index (Phi) is 3.09. The van der Waals surface area contributed by atoms with Crippen molar-refractivity contribution in [3.05, 3.63) is 41.0 Å². The number of likely N-dealkylation sites (N-methyl/N-ethyl adjacent to an activating group) is 1. The third kappa shape index (κ3) is 1.52. The number of hydrogen-bond donors (Lipinski definition) is 2. The number of nitrogens with one attached hydrogen (secondary N) is 1. The highest BCUT2D eigenvalue weighted by Gasteiger charge is 2.68. The Morgan fingerprint density at radius 3 is 2.71 bits per heavy atom. The second-order valence-electron chi connectivity index (χ2n) is 7.85. The number of benzene rings is 1. The first-order chi connectivity index (χ1) is 11.4. The average Bonchev–Trinajstić information content (AvgIpc) is 2.89. The highest BCUT2D eigenvalue weighted by Crippen LogP contribution is 2.65. The smallest absolute Gasteiger partial charge is 0.190 e. The monoisotopic (exact) mass is 324 g/mol. The number of aryl methyl sites for hydroxylation is 2. The number of likely N-dealkylation sites (tertiary alicyclic amines) is 1. The van der Waals surface area contributed by atoms with Crippen molar-refractivity contribution in [2.45, 2.75) is 57.0 Å². The predicted octanol–water partition coefficient (Wildman–Crippen LogP) is 3.42. The molecule has 0 unspecified atom stereocenters. The van der Waals surface area contributed by atoms with Crippen molar-refractivity contribution in [1.82, 2.24) is 4.90 Å². The Labute approximate surface area is 144 Å². The maximum absolute atomic E-state index is 8.24. The second kappa shape index (κ2) is 4.78. The summed E-state index contributed by atoms with van der Waals surface area (Å²) in [5.41, 5.74) is 12.4. The lowest BCUT2D eigenvalue weighted by Gasteiger charge is -2.50. The van der Waals surface area contributed by atoms with Crippen molar-refractivity contribution in [2.75, 3.05) is 18.5 Å². The zero-order chi connectivity index (χ0) is 17.3. The number of fused-ring (bicyclic) bond motifs is 1. The second-order valence-corrected chi connectivity index (χ2v) is 7.85. The molecule has 0 radical (unpaired) electrons. The first-order valence-corrected chi connectivity index (χ1v) is 9.02. The van der Waals surface area contributed by atoms with Gasteiger partial charge in [-0.25, -0.2) is 0 Å². The molecule has 1 aromatic rings. The first kappa shape index (κ1) is 15.6. The molecular weight excluding hydrogens is 296 g/mol. The zero-order valence-electron chi connectivity index (χ0n) is 15.1. The molecule has 2 aliphatic heterocycles. The van der Waals surface area contributed by atoms with E-state index in [-0.39, 0.29) is 17.0 Å². The van der Waals surface area contributed by atoms with Crippen molar-refractivity contribution in [3.63, 3.8) is 0 Å². The number of guanidine groups is 1. The fraction of sp³-hybridized carbons (Fsp3) is 0.550. The molecule has 4 nitrogen and oxygen atoms in total. The van der Waals surface area contributed by atoms with E-state index in [9.17, 15) is 0 Å². The van der Waals surface area contributed by atoms with E-state index in [1.54, 1.807) is 0 Å². The maximum atomic E-state index is 8.24. The number of hydrogen-bond acceptors (Lipinski definition) is 2. The molecule has 4 heteroatoms. The summed E-state index contributed by atoms with van der Waals surface area (Å²) in [5.74, 6) is 0.195. The van der Waals surface area contributed by atoms with Crippen LogP contribution < -0.4 is 10.6 Å². The van der Waals surface area contributed by atoms with E-state index >= 15 is 0 Å². The summed E-state index contributed by atoms with van der Waals surface area (Å²) in [7, 11) is 2.19. The van der Waals surface area contributed by atoms with Gasteiger partial charge in [-0.2, -0.15) is 0 Å². The molecule has 2 atom stereocenters. The molecule has 3 N–H and O–H groups in total. The molecule has 0 aromatic heterocycles. The Morgan fingerprint density at radius 2 is 2.00 bits per heavy atom. The van der Waals surface area contributed by atoms with Crippen LogP contribution in [0, 0.1) is 19.3 Å². The van der Waals surface area contributed by atoms with Gasteiger partial charge in [0.2, 0.25) is 0 Å². The Morgan fingerprint density at radius 1 is 1.25 bits per heavy atom. The highest BCUT2D eigenvalue weighted by atomic mass is 15.5. The van der Waals surface area contributed by atoms with Crippen LogP contribution in [0.25, 0.3) is 0 Å². The molecular formula is C20H28N4. The average molecular weight is 324 g/mol. The summed E-state index contributed by atoms with van der Waals surface area (Å²) < 4.78 is 0. The van der Waals surface area contributed by atoms with Crippen LogP contribution in [-0.4, -0.2) is 30.1 Å². The van der Waals surface area contributed by atoms with Crippen LogP contribution in [0.2, 0.25) is 0 Å². The molecule has 0 spiro atoms. The standard InChI is InChI=1S/C20H28N4/c1-13-11-14(2)17-16(12-13)23(4)20-8-6-5-7-15(3)19(17,20)9-10-24(20)18(21)22/h11-12H,3,5-10H2,1-2,4H3,(H3,21,22)/t19-,20+/m0/s1. The summed E-state index contributed by atoms with van der Waals surface area (Å²) in [5, 5.41) is 8.24. The van der Waals surface area contributed by atoms with Gasteiger partial charge in [-0.05, 0) is 68.7 Å². The van der Waals surface area contributed by atoms with E-state index in [0.29, 0.717) is 0 Å². The third-order valence-corrected chi connectivity index (χ3v) is 6.79. The van der Waals surface area contributed by atoms with Crippen molar-refractivity contribution in [2.24, 2.45) is 5.73 Å². The van der Waals surface area contributed by atoms with Gasteiger partial charge in [0, 0.05) is 19.3 Å². The van der Waals surface area contributed by atoms with Crippen LogP contribution in [-0.2, 0) is 5.41 Å². The van der Waals surface area contributed by atoms with Crippen LogP contribution in [0.3, 0.4) is 0 Å². The summed E-state index contributed by atoms with van der Waals surface area (Å²) >= 11 is 0. The van der Waals surface area contributed by atoms with Gasteiger partial charge in [0.05, 0.1) is 5.41 Å². The Bertz CT molecular complexity index is 752. The summed E-state index contributed by atoms with van der Waals surface area (Å²) in [4.78, 5) is 4.57. The largest absolute Gasteiger partial charge is 0.370 e. The normalized spacial score (nSPS) is 31.5. The lowest BCUT2D eigenvalue weighted by Crippen LogP contribution is -2.64. The van der Waals surface area contributed by atoms with Gasteiger partial charge in [0.1, 0.15) is 5.66 Å². The molecule has 2 fully saturated rings. The Balaban J connectivity index is 2.08. The quantitative estimate of drug-likeness (QED) is 0.437. The van der Waals surface area contributed by atoms with Gasteiger partial charge < -0.3 is 15.5 Å². The molecule has 4 rings (SSSR count). The fourth-order valence-electron chi connectivity index (χ4n) is 6.05. The molecule has 1 saturated carbocycles. The molecule has 1 aromatic carbocycles.